The molecule has 0 bridgehead atoms. The summed E-state index contributed by atoms with van der Waals surface area (Å²) in [5.41, 5.74) is 7.02. The molecule has 3 N–H and O–H groups in total. The quantitative estimate of drug-likeness (QED) is 0.490. The van der Waals surface area contributed by atoms with E-state index in [1.54, 1.807) is 12.1 Å². The van der Waals surface area contributed by atoms with E-state index in [1.807, 2.05) is 12.1 Å². The molecule has 0 aromatic heterocycles. The minimum Gasteiger partial charge on any atom is -0.370 e. The maximum atomic E-state index is 11.4. The summed E-state index contributed by atoms with van der Waals surface area (Å²) < 4.78 is 22.8. The van der Waals surface area contributed by atoms with Gasteiger partial charge in [0.15, 0.2) is 15.8 Å². The van der Waals surface area contributed by atoms with Crippen molar-refractivity contribution >= 4 is 15.8 Å². The van der Waals surface area contributed by atoms with Crippen LogP contribution in [-0.2, 0) is 16.3 Å². The first-order valence-corrected chi connectivity index (χ1v) is 10.2. The molecule has 23 heavy (non-hydrogen) atoms. The molecular formula is C17H27N3O2S. The molecule has 1 fully saturated rings. The van der Waals surface area contributed by atoms with E-state index in [4.69, 9.17) is 5.73 Å². The Bertz CT molecular complexity index is 616. The molecule has 0 atom stereocenters. The van der Waals surface area contributed by atoms with Crippen LogP contribution < -0.4 is 11.1 Å². The predicted molar refractivity (Wildman–Crippen MR) is 94.4 cm³/mol. The molecule has 128 valence electrons. The summed E-state index contributed by atoms with van der Waals surface area (Å²) in [5.74, 6) is 0.518. The monoisotopic (exact) mass is 337 g/mol. The minimum atomic E-state index is -3.13. The molecule has 1 aromatic carbocycles. The van der Waals surface area contributed by atoms with Crippen molar-refractivity contribution in [3.05, 3.63) is 29.8 Å². The van der Waals surface area contributed by atoms with Gasteiger partial charge in [0.2, 0.25) is 0 Å². The molecule has 1 saturated carbocycles. The van der Waals surface area contributed by atoms with Crippen LogP contribution >= 0.6 is 0 Å². The van der Waals surface area contributed by atoms with Gasteiger partial charge in [0.05, 0.1) is 4.90 Å². The number of aliphatic imine (C=N–C) groups is 1. The van der Waals surface area contributed by atoms with Gasteiger partial charge in [-0.15, -0.1) is 0 Å². The number of nitrogens with one attached hydrogen (secondary N) is 1. The molecule has 6 heteroatoms. The molecule has 0 saturated heterocycles. The second kappa shape index (κ2) is 8.34. The Labute approximate surface area is 139 Å². The topological polar surface area (TPSA) is 84.5 Å². The van der Waals surface area contributed by atoms with Crippen molar-refractivity contribution in [3.63, 3.8) is 0 Å². The van der Waals surface area contributed by atoms with Crippen molar-refractivity contribution in [2.45, 2.75) is 55.9 Å². The zero-order chi connectivity index (χ0) is 16.7. The largest absolute Gasteiger partial charge is 0.370 e. The number of nitrogens with zero attached hydrogens (tertiary/aromatic N) is 1. The number of hydrogen-bond acceptors (Lipinski definition) is 3. The maximum absolute atomic E-state index is 11.4. The molecule has 1 aliphatic carbocycles. The highest BCUT2D eigenvalue weighted by atomic mass is 32.2. The lowest BCUT2D eigenvalue weighted by Crippen LogP contribution is -2.40. The van der Waals surface area contributed by atoms with Crippen LogP contribution in [0.5, 0.6) is 0 Å². The van der Waals surface area contributed by atoms with Gasteiger partial charge in [-0.05, 0) is 37.0 Å². The van der Waals surface area contributed by atoms with Crippen LogP contribution in [0.3, 0.4) is 0 Å². The summed E-state index contributed by atoms with van der Waals surface area (Å²) in [4.78, 5) is 4.73. The summed E-state index contributed by atoms with van der Waals surface area (Å²) in [6, 6.07) is 7.40. The van der Waals surface area contributed by atoms with Gasteiger partial charge in [-0.1, -0.05) is 37.8 Å². The molecule has 0 unspecified atom stereocenters. The first-order valence-electron chi connectivity index (χ1n) is 8.30. The fourth-order valence-corrected chi connectivity index (χ4v) is 3.52. The van der Waals surface area contributed by atoms with Gasteiger partial charge in [0, 0.05) is 18.8 Å². The second-order valence-corrected chi connectivity index (χ2v) is 8.28. The standard InChI is InChI=1S/C17H27N3O2S/c1-23(21,22)16-10-8-14(9-11-16)12-13-19-17(18)20-15-6-4-2-3-5-7-15/h8-11,15H,2-7,12-13H2,1H3,(H3,18,19,20). The Morgan fingerprint density at radius 3 is 2.35 bits per heavy atom. The Hall–Kier alpha value is -1.56. The van der Waals surface area contributed by atoms with Gasteiger partial charge >= 0.3 is 0 Å². The molecule has 0 spiro atoms. The van der Waals surface area contributed by atoms with Crippen molar-refractivity contribution < 1.29 is 8.42 Å². The third-order valence-electron chi connectivity index (χ3n) is 4.24. The summed E-state index contributed by atoms with van der Waals surface area (Å²) >= 11 is 0. The fourth-order valence-electron chi connectivity index (χ4n) is 2.89. The van der Waals surface area contributed by atoms with Crippen LogP contribution in [0, 0.1) is 0 Å². The number of rotatable bonds is 5. The van der Waals surface area contributed by atoms with Crippen molar-refractivity contribution in [1.82, 2.24) is 5.32 Å². The summed E-state index contributed by atoms with van der Waals surface area (Å²) in [7, 11) is -3.13. The van der Waals surface area contributed by atoms with Gasteiger partial charge < -0.3 is 11.1 Å². The Balaban J connectivity index is 1.80. The molecule has 0 amide bonds. The van der Waals surface area contributed by atoms with E-state index in [1.165, 1.54) is 44.8 Å². The van der Waals surface area contributed by atoms with E-state index in [0.29, 0.717) is 23.4 Å². The maximum Gasteiger partial charge on any atom is 0.188 e. The van der Waals surface area contributed by atoms with E-state index in [-0.39, 0.29) is 0 Å². The van der Waals surface area contributed by atoms with Gasteiger partial charge in [-0.2, -0.15) is 0 Å². The highest BCUT2D eigenvalue weighted by molar-refractivity contribution is 7.90. The van der Waals surface area contributed by atoms with E-state index in [9.17, 15) is 8.42 Å². The lowest BCUT2D eigenvalue weighted by molar-refractivity contribution is 0.530. The number of benzene rings is 1. The highest BCUT2D eigenvalue weighted by Crippen LogP contribution is 2.17. The molecule has 0 heterocycles. The van der Waals surface area contributed by atoms with E-state index < -0.39 is 9.84 Å². The van der Waals surface area contributed by atoms with Crippen molar-refractivity contribution in [1.29, 1.82) is 0 Å². The normalized spacial score (nSPS) is 17.7. The van der Waals surface area contributed by atoms with Gasteiger partial charge in [0.25, 0.3) is 0 Å². The van der Waals surface area contributed by atoms with E-state index >= 15 is 0 Å². The molecular weight excluding hydrogens is 310 g/mol. The SMILES string of the molecule is CS(=O)(=O)c1ccc(CCN=C(N)NC2CCCCCC2)cc1. The fraction of sp³-hybridized carbons (Fsp3) is 0.588. The first-order chi connectivity index (χ1) is 10.9. The van der Waals surface area contributed by atoms with Crippen molar-refractivity contribution in [2.24, 2.45) is 10.7 Å². The average molecular weight is 337 g/mol. The van der Waals surface area contributed by atoms with Crippen LogP contribution in [-0.4, -0.2) is 33.2 Å². The summed E-state index contributed by atoms with van der Waals surface area (Å²) in [5, 5.41) is 3.32. The molecule has 2 rings (SSSR count). The van der Waals surface area contributed by atoms with Crippen molar-refractivity contribution in [2.75, 3.05) is 12.8 Å². The summed E-state index contributed by atoms with van der Waals surface area (Å²) in [6.45, 7) is 0.601. The minimum absolute atomic E-state index is 0.347. The Morgan fingerprint density at radius 2 is 1.78 bits per heavy atom. The molecule has 5 nitrogen and oxygen atoms in total. The molecule has 0 radical (unpaired) electrons. The third-order valence-corrected chi connectivity index (χ3v) is 5.37. The van der Waals surface area contributed by atoms with Crippen LogP contribution in [0.25, 0.3) is 0 Å². The lowest BCUT2D eigenvalue weighted by Gasteiger charge is -2.16. The Morgan fingerprint density at radius 1 is 1.17 bits per heavy atom. The number of hydrogen-bond donors (Lipinski definition) is 2. The smallest absolute Gasteiger partial charge is 0.188 e. The van der Waals surface area contributed by atoms with Gasteiger partial charge in [-0.25, -0.2) is 8.42 Å². The van der Waals surface area contributed by atoms with E-state index in [0.717, 1.165) is 12.0 Å². The third kappa shape index (κ3) is 6.22. The molecule has 0 aliphatic heterocycles. The van der Waals surface area contributed by atoms with Crippen LogP contribution in [0.15, 0.2) is 34.2 Å². The van der Waals surface area contributed by atoms with Crippen molar-refractivity contribution in [3.8, 4) is 0 Å². The first kappa shape index (κ1) is 17.8. The Kier molecular flexibility index (Phi) is 6.45. The lowest BCUT2D eigenvalue weighted by atomic mass is 10.1. The van der Waals surface area contributed by atoms with Crippen LogP contribution in [0.1, 0.15) is 44.1 Å². The number of guanidine groups is 1. The van der Waals surface area contributed by atoms with Gasteiger partial charge in [-0.3, -0.25) is 4.99 Å². The second-order valence-electron chi connectivity index (χ2n) is 6.27. The van der Waals surface area contributed by atoms with E-state index in [2.05, 4.69) is 10.3 Å². The highest BCUT2D eigenvalue weighted by Gasteiger charge is 2.12. The van der Waals surface area contributed by atoms with Crippen LogP contribution in [0.2, 0.25) is 0 Å². The molecule has 1 aliphatic rings. The van der Waals surface area contributed by atoms with Gasteiger partial charge in [0.1, 0.15) is 0 Å². The predicted octanol–water partition coefficient (Wildman–Crippen LogP) is 2.26. The summed E-state index contributed by atoms with van der Waals surface area (Å²) in [6.07, 6.45) is 9.46. The van der Waals surface area contributed by atoms with Crippen LogP contribution in [0.4, 0.5) is 0 Å². The molecule has 1 aromatic rings. The zero-order valence-corrected chi connectivity index (χ0v) is 14.6. The number of nitrogens with two attached hydrogens (primary N) is 1. The number of sulfone groups is 1. The zero-order valence-electron chi connectivity index (χ0n) is 13.8. The average Bonchev–Trinajstić information content (AvgIpc) is 2.75.